The molecule has 7 nitrogen and oxygen atoms in total. The molecule has 2 heterocycles. The summed E-state index contributed by atoms with van der Waals surface area (Å²) in [6, 6.07) is 13.2. The number of aromatic nitrogens is 1. The van der Waals surface area contributed by atoms with E-state index in [4.69, 9.17) is 9.98 Å². The van der Waals surface area contributed by atoms with Crippen molar-refractivity contribution in [3.63, 3.8) is 0 Å². The number of aldehydes is 1. The minimum absolute atomic E-state index is 0.222. The lowest BCUT2D eigenvalue weighted by Gasteiger charge is -2.23. The Morgan fingerprint density at radius 1 is 1.07 bits per heavy atom. The zero-order chi connectivity index (χ0) is 29.2. The van der Waals surface area contributed by atoms with Gasteiger partial charge >= 0.3 is 0 Å². The third-order valence-corrected chi connectivity index (χ3v) is 6.44. The van der Waals surface area contributed by atoms with E-state index in [0.717, 1.165) is 47.6 Å². The number of halogens is 1. The van der Waals surface area contributed by atoms with Gasteiger partial charge in [0.25, 0.3) is 0 Å². The van der Waals surface area contributed by atoms with Crippen LogP contribution in [0.3, 0.4) is 0 Å². The molecule has 0 radical (unpaired) electrons. The second-order valence-electron chi connectivity index (χ2n) is 10.2. The first-order valence-electron chi connectivity index (χ1n) is 14.3. The van der Waals surface area contributed by atoms with Gasteiger partial charge in [-0.3, -0.25) is 0 Å². The van der Waals surface area contributed by atoms with Gasteiger partial charge in [-0.2, -0.15) is 0 Å². The highest BCUT2D eigenvalue weighted by Crippen LogP contribution is 2.28. The maximum Gasteiger partial charge on any atom is 0.133 e. The van der Waals surface area contributed by atoms with Crippen LogP contribution in [-0.2, 0) is 11.3 Å². The van der Waals surface area contributed by atoms with Crippen molar-refractivity contribution in [1.29, 1.82) is 0 Å². The molecule has 4 rings (SSSR count). The highest BCUT2D eigenvalue weighted by Gasteiger charge is 2.17. The second kappa shape index (κ2) is 18.8. The summed E-state index contributed by atoms with van der Waals surface area (Å²) in [4.78, 5) is 21.0. The number of nitrogens with one attached hydrogen (secondary N) is 3. The molecule has 40 heavy (non-hydrogen) atoms. The summed E-state index contributed by atoms with van der Waals surface area (Å²) in [5.41, 5.74) is 4.31. The van der Waals surface area contributed by atoms with E-state index in [-0.39, 0.29) is 5.82 Å². The Bertz CT molecular complexity index is 1120. The summed E-state index contributed by atoms with van der Waals surface area (Å²) in [5.74, 6) is 1.50. The molecule has 1 aliphatic carbocycles. The number of nitrogens with zero attached hydrogens (tertiary/aromatic N) is 3. The summed E-state index contributed by atoms with van der Waals surface area (Å²) in [7, 11) is 7.46. The van der Waals surface area contributed by atoms with Gasteiger partial charge in [0.15, 0.2) is 0 Å². The van der Waals surface area contributed by atoms with Crippen LogP contribution >= 0.6 is 0 Å². The van der Waals surface area contributed by atoms with Crippen LogP contribution < -0.4 is 16.0 Å². The lowest BCUT2D eigenvalue weighted by molar-refractivity contribution is -0.108. The van der Waals surface area contributed by atoms with Crippen molar-refractivity contribution in [2.24, 2.45) is 4.99 Å². The summed E-state index contributed by atoms with van der Waals surface area (Å²) >= 11 is 0. The number of hydrogen-bond acceptors (Lipinski definition) is 7. The SMILES string of the molecule is CCC1=C(c2cccc(NCc3cccc(F)c3)n2)C=C(NC2CCCCC2)N=CC1.CN(C)CC=O.CNC. The van der Waals surface area contributed by atoms with Gasteiger partial charge in [-0.15, -0.1) is 0 Å². The Morgan fingerprint density at radius 3 is 2.42 bits per heavy atom. The molecule has 1 fully saturated rings. The second-order valence-corrected chi connectivity index (χ2v) is 10.2. The van der Waals surface area contributed by atoms with E-state index in [9.17, 15) is 9.18 Å². The van der Waals surface area contributed by atoms with Crippen LogP contribution in [0.25, 0.3) is 5.57 Å². The van der Waals surface area contributed by atoms with Gasteiger partial charge in [0, 0.05) is 30.8 Å². The van der Waals surface area contributed by atoms with Crippen LogP contribution in [0, 0.1) is 5.82 Å². The first kappa shape index (κ1) is 32.8. The van der Waals surface area contributed by atoms with E-state index in [1.165, 1.54) is 43.7 Å². The Morgan fingerprint density at radius 2 is 1.80 bits per heavy atom. The quantitative estimate of drug-likeness (QED) is 0.342. The Balaban J connectivity index is 0.000000544. The third-order valence-electron chi connectivity index (χ3n) is 6.44. The summed E-state index contributed by atoms with van der Waals surface area (Å²) in [6.45, 7) is 3.24. The number of allylic oxidation sites excluding steroid dienone is 3. The Kier molecular flexibility index (Phi) is 15.5. The van der Waals surface area contributed by atoms with Crippen LogP contribution in [-0.4, -0.2) is 63.2 Å². The largest absolute Gasteiger partial charge is 0.367 e. The minimum atomic E-state index is -0.222. The molecule has 2 aromatic rings. The maximum atomic E-state index is 13.5. The summed E-state index contributed by atoms with van der Waals surface area (Å²) in [6.07, 6.45) is 13.2. The standard InChI is InChI=1S/C26H31FN4.C4H9NO.C2H7N/c1-2-20-14-15-28-26(30-22-10-4-3-5-11-22)17-23(20)24-12-7-13-25(31-24)29-18-19-8-6-9-21(27)16-19;1-5(2)3-4-6;1-3-2/h6-9,12-13,15-17,22,30H,2-5,10-11,14,18H2,1H3,(H,29,31);4H,3H2,1-2H3;3H,1-2H3. The minimum Gasteiger partial charge on any atom is -0.367 e. The van der Waals surface area contributed by atoms with Crippen LogP contribution in [0.15, 0.2) is 64.9 Å². The number of hydrogen-bond donors (Lipinski definition) is 3. The number of benzene rings is 1. The number of carbonyl (C=O) groups excluding carboxylic acids is 1. The monoisotopic (exact) mass is 550 g/mol. The lowest BCUT2D eigenvalue weighted by Crippen LogP contribution is -2.29. The van der Waals surface area contributed by atoms with Crippen molar-refractivity contribution in [3.8, 4) is 0 Å². The van der Waals surface area contributed by atoms with Gasteiger partial charge in [0.1, 0.15) is 23.7 Å². The van der Waals surface area contributed by atoms with E-state index in [1.54, 1.807) is 12.1 Å². The predicted molar refractivity (Wildman–Crippen MR) is 166 cm³/mol. The maximum absolute atomic E-state index is 13.5. The molecule has 1 aromatic heterocycles. The average molecular weight is 551 g/mol. The molecule has 1 saturated carbocycles. The van der Waals surface area contributed by atoms with Gasteiger partial charge in [-0.05, 0) is 83.4 Å². The summed E-state index contributed by atoms with van der Waals surface area (Å²) < 4.78 is 13.5. The average Bonchev–Trinajstić information content (AvgIpc) is 3.15. The molecular weight excluding hydrogens is 503 g/mol. The number of likely N-dealkylation sites (N-methyl/N-ethyl adjacent to an activating group) is 1. The van der Waals surface area contributed by atoms with E-state index in [2.05, 4.69) is 35.0 Å². The molecule has 0 unspecified atom stereocenters. The van der Waals surface area contributed by atoms with E-state index in [0.29, 0.717) is 19.1 Å². The molecule has 0 atom stereocenters. The molecule has 0 spiro atoms. The molecule has 0 saturated heterocycles. The fourth-order valence-electron chi connectivity index (χ4n) is 4.44. The summed E-state index contributed by atoms with van der Waals surface area (Å²) in [5, 5.41) is 9.73. The lowest BCUT2D eigenvalue weighted by atomic mass is 9.95. The van der Waals surface area contributed by atoms with E-state index < -0.39 is 0 Å². The number of pyridine rings is 1. The van der Waals surface area contributed by atoms with Crippen LogP contribution in [0.1, 0.15) is 63.1 Å². The van der Waals surface area contributed by atoms with Gasteiger partial charge in [0.05, 0.1) is 12.2 Å². The van der Waals surface area contributed by atoms with Crippen molar-refractivity contribution in [2.75, 3.05) is 40.1 Å². The number of rotatable bonds is 9. The fraction of sp³-hybridized carbons (Fsp3) is 0.469. The van der Waals surface area contributed by atoms with Gasteiger partial charge in [-0.1, -0.05) is 50.0 Å². The Labute approximate surface area is 240 Å². The molecule has 2 aliphatic rings. The number of anilines is 1. The molecule has 1 aliphatic heterocycles. The van der Waals surface area contributed by atoms with Crippen molar-refractivity contribution in [2.45, 2.75) is 64.5 Å². The van der Waals surface area contributed by atoms with Crippen molar-refractivity contribution < 1.29 is 9.18 Å². The Hall–Kier alpha value is -3.36. The number of aliphatic imine (C=N–C) groups is 1. The van der Waals surface area contributed by atoms with Gasteiger partial charge < -0.3 is 25.6 Å². The van der Waals surface area contributed by atoms with Crippen LogP contribution in [0.2, 0.25) is 0 Å². The molecule has 0 bridgehead atoms. The number of carbonyl (C=O) groups is 1. The van der Waals surface area contributed by atoms with Gasteiger partial charge in [0.2, 0.25) is 0 Å². The van der Waals surface area contributed by atoms with E-state index >= 15 is 0 Å². The molecule has 3 N–H and O–H groups in total. The zero-order valence-electron chi connectivity index (χ0n) is 24.8. The molecule has 0 amide bonds. The highest BCUT2D eigenvalue weighted by atomic mass is 19.1. The fourth-order valence-corrected chi connectivity index (χ4v) is 4.44. The smallest absolute Gasteiger partial charge is 0.133 e. The van der Waals surface area contributed by atoms with Crippen molar-refractivity contribution in [1.82, 2.24) is 20.5 Å². The van der Waals surface area contributed by atoms with Crippen molar-refractivity contribution in [3.05, 3.63) is 77.0 Å². The van der Waals surface area contributed by atoms with Crippen molar-refractivity contribution >= 4 is 23.9 Å². The predicted octanol–water partition coefficient (Wildman–Crippen LogP) is 5.82. The zero-order valence-corrected chi connectivity index (χ0v) is 24.8. The first-order chi connectivity index (χ1) is 19.4. The van der Waals surface area contributed by atoms with Gasteiger partial charge in [-0.25, -0.2) is 14.4 Å². The first-order valence-corrected chi connectivity index (χ1v) is 14.3. The topological polar surface area (TPSA) is 81.7 Å². The van der Waals surface area contributed by atoms with Crippen LogP contribution in [0.5, 0.6) is 0 Å². The molecule has 1 aromatic carbocycles. The molecule has 8 heteroatoms. The van der Waals surface area contributed by atoms with E-state index in [1.807, 2.05) is 57.5 Å². The third kappa shape index (κ3) is 12.2. The normalized spacial score (nSPS) is 15.2. The van der Waals surface area contributed by atoms with Crippen LogP contribution in [0.4, 0.5) is 10.2 Å². The molecular formula is C32H47FN6O. The highest BCUT2D eigenvalue weighted by molar-refractivity contribution is 5.81. The molecule has 218 valence electrons.